The second kappa shape index (κ2) is 7.96. The quantitative estimate of drug-likeness (QED) is 0.503. The molecule has 0 saturated carbocycles. The number of amides is 1. The van der Waals surface area contributed by atoms with Gasteiger partial charge in [0, 0.05) is 17.8 Å². The van der Waals surface area contributed by atoms with Gasteiger partial charge in [-0.3, -0.25) is 4.79 Å². The van der Waals surface area contributed by atoms with Crippen LogP contribution in [0.1, 0.15) is 35.6 Å². The van der Waals surface area contributed by atoms with Gasteiger partial charge in [0.15, 0.2) is 11.6 Å². The fourth-order valence-corrected chi connectivity index (χ4v) is 2.67. The van der Waals surface area contributed by atoms with Crippen molar-refractivity contribution < 1.29 is 9.18 Å². The van der Waals surface area contributed by atoms with Crippen LogP contribution in [-0.4, -0.2) is 32.9 Å². The molecule has 152 valence electrons. The summed E-state index contributed by atoms with van der Waals surface area (Å²) < 4.78 is 14.4. The number of hydrogen-bond acceptors (Lipinski definition) is 7. The van der Waals surface area contributed by atoms with Crippen molar-refractivity contribution in [3.8, 4) is 0 Å². The molecule has 0 aliphatic heterocycles. The molecule has 29 heavy (non-hydrogen) atoms. The summed E-state index contributed by atoms with van der Waals surface area (Å²) in [4.78, 5) is 25.1. The Labute approximate surface area is 167 Å². The summed E-state index contributed by atoms with van der Waals surface area (Å²) in [5.41, 5.74) is 14.9. The molecule has 0 spiro atoms. The zero-order chi connectivity index (χ0) is 21.3. The summed E-state index contributed by atoms with van der Waals surface area (Å²) in [5.74, 6) is -1.37. The van der Waals surface area contributed by atoms with Crippen LogP contribution in [0.4, 0.5) is 21.7 Å². The molecule has 0 radical (unpaired) electrons. The lowest BCUT2D eigenvalue weighted by Crippen LogP contribution is -2.35. The standard InChI is InChI=1S/C20H24FN7O/c1-9(22)10(2)26-20-15(21)8-14(18(23)29)19(28-20)27-13-5-6-16-17(7-13)25-12(4)11(3)24-16/h5-10H,22H2,1-4H3,(H2,23,29)(H2,26,27,28). The van der Waals surface area contributed by atoms with E-state index in [0.717, 1.165) is 23.0 Å². The van der Waals surface area contributed by atoms with Gasteiger partial charge in [-0.05, 0) is 52.0 Å². The molecule has 6 N–H and O–H groups in total. The number of anilines is 3. The fourth-order valence-electron chi connectivity index (χ4n) is 2.67. The molecule has 0 fully saturated rings. The van der Waals surface area contributed by atoms with Crippen LogP contribution in [0.15, 0.2) is 24.3 Å². The Morgan fingerprint density at radius 2 is 1.69 bits per heavy atom. The van der Waals surface area contributed by atoms with Gasteiger partial charge in [0.2, 0.25) is 0 Å². The van der Waals surface area contributed by atoms with Crippen LogP contribution in [0, 0.1) is 19.7 Å². The Morgan fingerprint density at radius 3 is 2.31 bits per heavy atom. The summed E-state index contributed by atoms with van der Waals surface area (Å²) in [6.07, 6.45) is 0. The zero-order valence-corrected chi connectivity index (χ0v) is 16.7. The highest BCUT2D eigenvalue weighted by Crippen LogP contribution is 2.26. The second-order valence-electron chi connectivity index (χ2n) is 7.09. The van der Waals surface area contributed by atoms with Gasteiger partial charge in [0.25, 0.3) is 5.91 Å². The van der Waals surface area contributed by atoms with Crippen LogP contribution in [0.2, 0.25) is 0 Å². The Morgan fingerprint density at radius 1 is 1.03 bits per heavy atom. The topological polar surface area (TPSA) is 132 Å². The van der Waals surface area contributed by atoms with E-state index in [4.69, 9.17) is 11.5 Å². The van der Waals surface area contributed by atoms with Crippen molar-refractivity contribution >= 4 is 34.3 Å². The van der Waals surface area contributed by atoms with Gasteiger partial charge in [-0.25, -0.2) is 19.3 Å². The SMILES string of the molecule is Cc1nc2ccc(Nc3nc(NC(C)C(C)N)c(F)cc3C(N)=O)cc2nc1C. The van der Waals surface area contributed by atoms with Crippen molar-refractivity contribution in [2.75, 3.05) is 10.6 Å². The maximum atomic E-state index is 14.4. The van der Waals surface area contributed by atoms with Crippen molar-refractivity contribution in [2.45, 2.75) is 39.8 Å². The first-order valence-electron chi connectivity index (χ1n) is 9.20. The highest BCUT2D eigenvalue weighted by atomic mass is 19.1. The van der Waals surface area contributed by atoms with Crippen molar-refractivity contribution in [2.24, 2.45) is 11.5 Å². The lowest BCUT2D eigenvalue weighted by molar-refractivity contribution is 0.100. The number of halogens is 1. The van der Waals surface area contributed by atoms with Crippen LogP contribution in [0.25, 0.3) is 11.0 Å². The number of nitrogens with one attached hydrogen (secondary N) is 2. The first-order chi connectivity index (χ1) is 13.7. The van der Waals surface area contributed by atoms with Gasteiger partial charge in [-0.15, -0.1) is 0 Å². The van der Waals surface area contributed by atoms with E-state index < -0.39 is 11.7 Å². The average Bonchev–Trinajstić information content (AvgIpc) is 2.65. The smallest absolute Gasteiger partial charge is 0.252 e. The molecule has 0 saturated heterocycles. The summed E-state index contributed by atoms with van der Waals surface area (Å²) in [6.45, 7) is 7.39. The number of pyridine rings is 1. The van der Waals surface area contributed by atoms with E-state index in [0.29, 0.717) is 11.2 Å². The lowest BCUT2D eigenvalue weighted by atomic mass is 10.1. The molecule has 0 aliphatic rings. The molecular weight excluding hydrogens is 373 g/mol. The van der Waals surface area contributed by atoms with Crippen molar-refractivity contribution in [3.63, 3.8) is 0 Å². The third-order valence-electron chi connectivity index (χ3n) is 4.73. The Bertz CT molecular complexity index is 1080. The minimum Gasteiger partial charge on any atom is -0.365 e. The van der Waals surface area contributed by atoms with E-state index in [9.17, 15) is 9.18 Å². The van der Waals surface area contributed by atoms with Crippen molar-refractivity contribution in [1.82, 2.24) is 15.0 Å². The predicted octanol–water partition coefficient (Wildman–Crippen LogP) is 2.77. The molecule has 0 aliphatic carbocycles. The molecule has 2 unspecified atom stereocenters. The molecule has 2 aromatic heterocycles. The van der Waals surface area contributed by atoms with Crippen LogP contribution in [0.3, 0.4) is 0 Å². The largest absolute Gasteiger partial charge is 0.365 e. The number of fused-ring (bicyclic) bond motifs is 1. The van der Waals surface area contributed by atoms with Crippen LogP contribution in [0.5, 0.6) is 0 Å². The molecule has 1 amide bonds. The molecule has 3 aromatic rings. The number of aromatic nitrogens is 3. The summed E-state index contributed by atoms with van der Waals surface area (Å²) in [5, 5.41) is 5.95. The number of rotatable bonds is 6. The van der Waals surface area contributed by atoms with Crippen LogP contribution < -0.4 is 22.1 Å². The Hall–Kier alpha value is -3.33. The van der Waals surface area contributed by atoms with Crippen molar-refractivity contribution in [3.05, 3.63) is 47.0 Å². The number of hydrogen-bond donors (Lipinski definition) is 4. The van der Waals surface area contributed by atoms with Gasteiger partial charge in [0.05, 0.1) is 28.0 Å². The monoisotopic (exact) mass is 397 g/mol. The Kier molecular flexibility index (Phi) is 5.60. The van der Waals surface area contributed by atoms with Gasteiger partial charge in [0.1, 0.15) is 5.82 Å². The molecule has 0 bridgehead atoms. The summed E-state index contributed by atoms with van der Waals surface area (Å²) >= 11 is 0. The number of carbonyl (C=O) groups excluding carboxylic acids is 1. The molecule has 2 heterocycles. The normalized spacial score (nSPS) is 13.2. The van der Waals surface area contributed by atoms with E-state index >= 15 is 0 Å². The van der Waals surface area contributed by atoms with E-state index in [1.807, 2.05) is 26.8 Å². The van der Waals surface area contributed by atoms with Crippen molar-refractivity contribution in [1.29, 1.82) is 0 Å². The van der Waals surface area contributed by atoms with Gasteiger partial charge < -0.3 is 22.1 Å². The highest BCUT2D eigenvalue weighted by molar-refractivity contribution is 5.98. The molecular formula is C20H24FN7O. The second-order valence-corrected chi connectivity index (χ2v) is 7.09. The van der Waals surface area contributed by atoms with E-state index in [-0.39, 0.29) is 29.3 Å². The molecule has 2 atom stereocenters. The zero-order valence-electron chi connectivity index (χ0n) is 16.7. The lowest BCUT2D eigenvalue weighted by Gasteiger charge is -2.20. The maximum Gasteiger partial charge on any atom is 0.252 e. The minimum atomic E-state index is -0.794. The maximum absolute atomic E-state index is 14.4. The first kappa shape index (κ1) is 20.4. The predicted molar refractivity (Wildman–Crippen MR) is 112 cm³/mol. The minimum absolute atomic E-state index is 0.0191. The number of carbonyl (C=O) groups is 1. The molecule has 9 heteroatoms. The third kappa shape index (κ3) is 4.40. The van der Waals surface area contributed by atoms with E-state index in [2.05, 4.69) is 25.6 Å². The first-order valence-corrected chi connectivity index (χ1v) is 9.20. The van der Waals surface area contributed by atoms with Crippen LogP contribution >= 0.6 is 0 Å². The van der Waals surface area contributed by atoms with E-state index in [1.54, 1.807) is 19.1 Å². The number of nitrogens with two attached hydrogens (primary N) is 2. The molecule has 3 rings (SSSR count). The third-order valence-corrected chi connectivity index (χ3v) is 4.73. The van der Waals surface area contributed by atoms with Gasteiger partial charge in [-0.1, -0.05) is 0 Å². The number of benzene rings is 1. The summed E-state index contributed by atoms with van der Waals surface area (Å²) in [6, 6.07) is 5.96. The Balaban J connectivity index is 2.01. The van der Waals surface area contributed by atoms with Gasteiger partial charge >= 0.3 is 0 Å². The van der Waals surface area contributed by atoms with Gasteiger partial charge in [-0.2, -0.15) is 0 Å². The fraction of sp³-hybridized carbons (Fsp3) is 0.300. The number of aryl methyl sites for hydroxylation is 2. The molecule has 1 aromatic carbocycles. The highest BCUT2D eigenvalue weighted by Gasteiger charge is 2.18. The average molecular weight is 397 g/mol. The van der Waals surface area contributed by atoms with Crippen LogP contribution in [-0.2, 0) is 0 Å². The number of primary amides is 1. The number of nitrogens with zero attached hydrogens (tertiary/aromatic N) is 3. The molecule has 8 nitrogen and oxygen atoms in total. The summed E-state index contributed by atoms with van der Waals surface area (Å²) in [7, 11) is 0. The van der Waals surface area contributed by atoms with E-state index in [1.165, 1.54) is 0 Å².